The van der Waals surface area contributed by atoms with Gasteiger partial charge in [0, 0.05) is 12.1 Å². The molecule has 102 valence electrons. The number of nitrogens with one attached hydrogen (secondary N) is 1. The van der Waals surface area contributed by atoms with Crippen LogP contribution in [0.4, 0.5) is 5.69 Å². The topological polar surface area (TPSA) is 64.3 Å². The number of amides is 1. The first-order valence-corrected chi connectivity index (χ1v) is 6.86. The van der Waals surface area contributed by atoms with Crippen LogP contribution in [0.3, 0.4) is 0 Å². The summed E-state index contributed by atoms with van der Waals surface area (Å²) in [7, 11) is 1.56. The third-order valence-corrected chi connectivity index (χ3v) is 4.43. The van der Waals surface area contributed by atoms with Gasteiger partial charge >= 0.3 is 0 Å². The highest BCUT2D eigenvalue weighted by Crippen LogP contribution is 2.60. The van der Waals surface area contributed by atoms with E-state index in [4.69, 9.17) is 10.5 Å². The predicted molar refractivity (Wildman–Crippen MR) is 74.1 cm³/mol. The zero-order valence-electron chi connectivity index (χ0n) is 11.2. The molecule has 0 saturated heterocycles. The predicted octanol–water partition coefficient (Wildman–Crippen LogP) is 2.20. The van der Waals surface area contributed by atoms with Gasteiger partial charge in [0.05, 0.1) is 12.8 Å². The van der Waals surface area contributed by atoms with Crippen molar-refractivity contribution >= 4 is 11.6 Å². The van der Waals surface area contributed by atoms with E-state index in [0.29, 0.717) is 22.4 Å². The van der Waals surface area contributed by atoms with Crippen LogP contribution in [0.25, 0.3) is 0 Å². The summed E-state index contributed by atoms with van der Waals surface area (Å²) >= 11 is 0. The van der Waals surface area contributed by atoms with Gasteiger partial charge in [-0.1, -0.05) is 0 Å². The fourth-order valence-corrected chi connectivity index (χ4v) is 2.80. The number of carbonyl (C=O) groups excluding carboxylic acids is 1. The van der Waals surface area contributed by atoms with Crippen LogP contribution in [0.5, 0.6) is 5.75 Å². The summed E-state index contributed by atoms with van der Waals surface area (Å²) in [6.45, 7) is 0.809. The molecule has 4 nitrogen and oxygen atoms in total. The Kier molecular flexibility index (Phi) is 2.88. The summed E-state index contributed by atoms with van der Waals surface area (Å²) in [4.78, 5) is 12.1. The SMILES string of the molecule is COc1cc(C(=O)NCC2(C3CC3)CC2)ccc1N. The molecule has 0 unspecified atom stereocenters. The Labute approximate surface area is 113 Å². The van der Waals surface area contributed by atoms with Crippen molar-refractivity contribution in [2.75, 3.05) is 19.4 Å². The molecule has 0 bridgehead atoms. The van der Waals surface area contributed by atoms with Crippen LogP contribution in [0.15, 0.2) is 18.2 Å². The van der Waals surface area contributed by atoms with Crippen molar-refractivity contribution in [2.24, 2.45) is 11.3 Å². The number of hydrogen-bond acceptors (Lipinski definition) is 3. The Balaban J connectivity index is 1.63. The molecule has 2 fully saturated rings. The number of methoxy groups -OCH3 is 1. The standard InChI is InChI=1S/C15H20N2O2/c1-19-13-8-10(2-5-12(13)16)14(18)17-9-15(6-7-15)11-3-4-11/h2,5,8,11H,3-4,6-7,9,16H2,1H3,(H,17,18). The van der Waals surface area contributed by atoms with Gasteiger partial charge in [0.25, 0.3) is 5.91 Å². The molecule has 2 saturated carbocycles. The van der Waals surface area contributed by atoms with Gasteiger partial charge < -0.3 is 15.8 Å². The van der Waals surface area contributed by atoms with Crippen molar-refractivity contribution in [2.45, 2.75) is 25.7 Å². The fourth-order valence-electron chi connectivity index (χ4n) is 2.80. The lowest BCUT2D eigenvalue weighted by molar-refractivity contribution is 0.0942. The molecular weight excluding hydrogens is 240 g/mol. The zero-order valence-corrected chi connectivity index (χ0v) is 11.2. The molecule has 0 radical (unpaired) electrons. The summed E-state index contributed by atoms with van der Waals surface area (Å²) in [5.74, 6) is 1.37. The van der Waals surface area contributed by atoms with Crippen molar-refractivity contribution in [1.82, 2.24) is 5.32 Å². The van der Waals surface area contributed by atoms with Gasteiger partial charge in [-0.25, -0.2) is 0 Å². The number of ether oxygens (including phenoxy) is 1. The molecule has 2 aliphatic carbocycles. The monoisotopic (exact) mass is 260 g/mol. The van der Waals surface area contributed by atoms with E-state index in [0.717, 1.165) is 12.5 Å². The van der Waals surface area contributed by atoms with Crippen LogP contribution < -0.4 is 15.8 Å². The molecule has 0 heterocycles. The van der Waals surface area contributed by atoms with Crippen molar-refractivity contribution < 1.29 is 9.53 Å². The second-order valence-corrected chi connectivity index (χ2v) is 5.78. The molecule has 0 atom stereocenters. The van der Waals surface area contributed by atoms with Gasteiger partial charge in [0.2, 0.25) is 0 Å². The highest BCUT2D eigenvalue weighted by atomic mass is 16.5. The Morgan fingerprint density at radius 2 is 2.21 bits per heavy atom. The van der Waals surface area contributed by atoms with E-state index in [-0.39, 0.29) is 5.91 Å². The van der Waals surface area contributed by atoms with Crippen LogP contribution >= 0.6 is 0 Å². The van der Waals surface area contributed by atoms with Crippen LogP contribution in [0, 0.1) is 11.3 Å². The average molecular weight is 260 g/mol. The summed E-state index contributed by atoms with van der Waals surface area (Å²) in [5, 5.41) is 3.06. The highest BCUT2D eigenvalue weighted by molar-refractivity contribution is 5.95. The first-order chi connectivity index (χ1) is 9.14. The molecule has 1 aromatic carbocycles. The number of benzene rings is 1. The van der Waals surface area contributed by atoms with E-state index < -0.39 is 0 Å². The van der Waals surface area contributed by atoms with Crippen molar-refractivity contribution in [3.05, 3.63) is 23.8 Å². The lowest BCUT2D eigenvalue weighted by Crippen LogP contribution is -2.31. The second kappa shape index (κ2) is 4.44. The number of carbonyl (C=O) groups is 1. The molecule has 0 aromatic heterocycles. The van der Waals surface area contributed by atoms with E-state index in [1.54, 1.807) is 25.3 Å². The zero-order chi connectivity index (χ0) is 13.5. The lowest BCUT2D eigenvalue weighted by atomic mass is 10.0. The third-order valence-electron chi connectivity index (χ3n) is 4.43. The molecule has 19 heavy (non-hydrogen) atoms. The molecule has 3 N–H and O–H groups in total. The average Bonchev–Trinajstić information content (AvgIpc) is 3.28. The molecule has 0 spiro atoms. The minimum Gasteiger partial charge on any atom is -0.495 e. The van der Waals surface area contributed by atoms with E-state index in [1.165, 1.54) is 25.7 Å². The Morgan fingerprint density at radius 3 is 2.79 bits per heavy atom. The molecule has 1 aromatic rings. The van der Waals surface area contributed by atoms with Crippen LogP contribution in [0.2, 0.25) is 0 Å². The molecular formula is C15H20N2O2. The first-order valence-electron chi connectivity index (χ1n) is 6.86. The van der Waals surface area contributed by atoms with Crippen LogP contribution in [0.1, 0.15) is 36.0 Å². The van der Waals surface area contributed by atoms with Crippen molar-refractivity contribution in [1.29, 1.82) is 0 Å². The maximum absolute atomic E-state index is 12.1. The highest BCUT2D eigenvalue weighted by Gasteiger charge is 2.53. The minimum atomic E-state index is -0.0368. The van der Waals surface area contributed by atoms with Gasteiger partial charge in [-0.2, -0.15) is 0 Å². The molecule has 2 aliphatic rings. The fraction of sp³-hybridized carbons (Fsp3) is 0.533. The second-order valence-electron chi connectivity index (χ2n) is 5.78. The largest absolute Gasteiger partial charge is 0.495 e. The summed E-state index contributed by atoms with van der Waals surface area (Å²) in [5.41, 5.74) is 7.33. The van der Waals surface area contributed by atoms with Crippen LogP contribution in [-0.4, -0.2) is 19.6 Å². The molecule has 1 amide bonds. The summed E-state index contributed by atoms with van der Waals surface area (Å²) in [6, 6.07) is 5.15. The summed E-state index contributed by atoms with van der Waals surface area (Å²) in [6.07, 6.45) is 5.21. The van der Waals surface area contributed by atoms with Gasteiger partial charge in [-0.15, -0.1) is 0 Å². The van der Waals surface area contributed by atoms with Crippen molar-refractivity contribution in [3.63, 3.8) is 0 Å². The van der Waals surface area contributed by atoms with E-state index in [9.17, 15) is 4.79 Å². The number of nitrogens with two attached hydrogens (primary N) is 1. The first kappa shape index (κ1) is 12.3. The number of rotatable bonds is 5. The maximum atomic E-state index is 12.1. The van der Waals surface area contributed by atoms with E-state index in [2.05, 4.69) is 5.32 Å². The minimum absolute atomic E-state index is 0.0368. The smallest absolute Gasteiger partial charge is 0.251 e. The molecule has 0 aliphatic heterocycles. The van der Waals surface area contributed by atoms with E-state index >= 15 is 0 Å². The molecule has 3 rings (SSSR count). The lowest BCUT2D eigenvalue weighted by Gasteiger charge is -2.15. The normalized spacial score (nSPS) is 19.8. The van der Waals surface area contributed by atoms with Gasteiger partial charge in [0.1, 0.15) is 5.75 Å². The quantitative estimate of drug-likeness (QED) is 0.798. The third kappa shape index (κ3) is 2.39. The number of anilines is 1. The number of hydrogen-bond donors (Lipinski definition) is 2. The van der Waals surface area contributed by atoms with Crippen molar-refractivity contribution in [3.8, 4) is 5.75 Å². The summed E-state index contributed by atoms with van der Waals surface area (Å²) < 4.78 is 5.14. The number of nitrogen functional groups attached to an aromatic ring is 1. The van der Waals surface area contributed by atoms with Gasteiger partial charge in [-0.05, 0) is 55.2 Å². The van der Waals surface area contributed by atoms with E-state index in [1.807, 2.05) is 0 Å². The van der Waals surface area contributed by atoms with Gasteiger partial charge in [-0.3, -0.25) is 4.79 Å². The Hall–Kier alpha value is -1.71. The Morgan fingerprint density at radius 1 is 1.47 bits per heavy atom. The van der Waals surface area contributed by atoms with Gasteiger partial charge in [0.15, 0.2) is 0 Å². The Bertz CT molecular complexity index is 505. The maximum Gasteiger partial charge on any atom is 0.251 e. The molecule has 4 heteroatoms. The van der Waals surface area contributed by atoms with Crippen LogP contribution in [-0.2, 0) is 0 Å².